The van der Waals surface area contributed by atoms with Crippen molar-refractivity contribution in [3.8, 4) is 34.5 Å². The molecule has 5 atom stereocenters. The van der Waals surface area contributed by atoms with Gasteiger partial charge < -0.3 is 59.4 Å². The lowest BCUT2D eigenvalue weighted by Crippen LogP contribution is -2.30. The molecule has 0 heterocycles. The van der Waals surface area contributed by atoms with E-state index in [0.29, 0.717) is 16.7 Å². The molecule has 3 aromatic rings. The third kappa shape index (κ3) is 7.73. The number of hydrogen-bond acceptors (Lipinski definition) is 12. The standard InChI is InChI=1S/C30H38O12/c1-38-24-13-18(4-7-21(24)35)29(36)27(15-32)42-23-9-6-19(14-26(23)40-3)30(37)28(16-33)41-22-8-5-17(12-25(22)39-2)20(34)10-11-31/h4-9,12-14,20,27-37H,10-11,15-16H2,1-3H3/t20-,27+,28+,29-,30-/m1/s1. The highest BCUT2D eigenvalue weighted by molar-refractivity contribution is 5.46. The van der Waals surface area contributed by atoms with E-state index >= 15 is 0 Å². The lowest BCUT2D eigenvalue weighted by molar-refractivity contribution is -0.00269. The average Bonchev–Trinajstić information content (AvgIpc) is 3.02. The van der Waals surface area contributed by atoms with Gasteiger partial charge in [-0.2, -0.15) is 0 Å². The van der Waals surface area contributed by atoms with Crippen LogP contribution in [0, 0.1) is 0 Å². The molecule has 0 fully saturated rings. The molecule has 0 saturated carbocycles. The van der Waals surface area contributed by atoms with Crippen molar-refractivity contribution in [3.05, 3.63) is 71.3 Å². The Morgan fingerprint density at radius 3 is 1.45 bits per heavy atom. The highest BCUT2D eigenvalue weighted by Crippen LogP contribution is 2.37. The van der Waals surface area contributed by atoms with Gasteiger partial charge in [0, 0.05) is 13.0 Å². The van der Waals surface area contributed by atoms with Crippen LogP contribution in [0.1, 0.15) is 41.4 Å². The second-order valence-electron chi connectivity index (χ2n) is 9.35. The van der Waals surface area contributed by atoms with Crippen LogP contribution in [0.5, 0.6) is 34.5 Å². The van der Waals surface area contributed by atoms with E-state index in [-0.39, 0.29) is 47.5 Å². The number of aliphatic hydroxyl groups excluding tert-OH is 6. The molecule has 42 heavy (non-hydrogen) atoms. The fourth-order valence-electron chi connectivity index (χ4n) is 4.28. The van der Waals surface area contributed by atoms with Crippen LogP contribution in [0.15, 0.2) is 54.6 Å². The molecule has 0 spiro atoms. The number of ether oxygens (including phenoxy) is 5. The monoisotopic (exact) mass is 590 g/mol. The van der Waals surface area contributed by atoms with Crippen molar-refractivity contribution in [3.63, 3.8) is 0 Å². The minimum absolute atomic E-state index is 0.108. The van der Waals surface area contributed by atoms with Crippen LogP contribution in [0.2, 0.25) is 0 Å². The number of hydrogen-bond donors (Lipinski definition) is 7. The second-order valence-corrected chi connectivity index (χ2v) is 9.35. The Balaban J connectivity index is 1.79. The zero-order valence-corrected chi connectivity index (χ0v) is 23.6. The van der Waals surface area contributed by atoms with Crippen LogP contribution in [-0.4, -0.2) is 89.1 Å². The first-order valence-corrected chi connectivity index (χ1v) is 13.1. The second kappa shape index (κ2) is 15.4. The normalized spacial score (nSPS) is 14.8. The van der Waals surface area contributed by atoms with Crippen LogP contribution >= 0.6 is 0 Å². The van der Waals surface area contributed by atoms with Crippen LogP contribution in [-0.2, 0) is 0 Å². The number of aromatic hydroxyl groups is 1. The lowest BCUT2D eigenvalue weighted by atomic mass is 10.0. The molecule has 12 nitrogen and oxygen atoms in total. The molecule has 230 valence electrons. The number of phenols is 1. The Hall–Kier alpha value is -3.78. The number of rotatable bonds is 16. The van der Waals surface area contributed by atoms with Crippen LogP contribution in [0.25, 0.3) is 0 Å². The van der Waals surface area contributed by atoms with Gasteiger partial charge in [-0.1, -0.05) is 18.2 Å². The fourth-order valence-corrected chi connectivity index (χ4v) is 4.28. The third-order valence-corrected chi connectivity index (χ3v) is 6.67. The summed E-state index contributed by atoms with van der Waals surface area (Å²) in [7, 11) is 4.16. The molecule has 7 N–H and O–H groups in total. The highest BCUT2D eigenvalue weighted by Gasteiger charge is 2.28. The molecule has 0 aromatic heterocycles. The Kier molecular flexibility index (Phi) is 12.0. The first-order chi connectivity index (χ1) is 20.2. The van der Waals surface area contributed by atoms with Gasteiger partial charge >= 0.3 is 0 Å². The molecule has 3 rings (SSSR count). The molecular weight excluding hydrogens is 552 g/mol. The molecule has 0 bridgehead atoms. The summed E-state index contributed by atoms with van der Waals surface area (Å²) in [5, 5.41) is 70.9. The Labute approximate surface area is 243 Å². The maximum atomic E-state index is 11.1. The smallest absolute Gasteiger partial charge is 0.161 e. The van der Waals surface area contributed by atoms with Crippen LogP contribution in [0.3, 0.4) is 0 Å². The van der Waals surface area contributed by atoms with E-state index in [1.807, 2.05) is 0 Å². The van der Waals surface area contributed by atoms with Crippen molar-refractivity contribution in [1.82, 2.24) is 0 Å². The van der Waals surface area contributed by atoms with Crippen molar-refractivity contribution in [1.29, 1.82) is 0 Å². The highest BCUT2D eigenvalue weighted by atomic mass is 16.5. The van der Waals surface area contributed by atoms with Gasteiger partial charge in [0.25, 0.3) is 0 Å². The number of methoxy groups -OCH3 is 3. The van der Waals surface area contributed by atoms with E-state index in [2.05, 4.69) is 0 Å². The SMILES string of the molecule is COc1cc([C@@H](O)[C@H](CO)Oc2ccc([C@@H](O)[C@H](CO)Oc3ccc([C@H](O)CCO)cc3OC)cc2OC)ccc1O. The molecule has 0 aliphatic carbocycles. The van der Waals surface area contributed by atoms with Crippen molar-refractivity contribution < 1.29 is 59.4 Å². The first kappa shape index (κ1) is 32.7. The summed E-state index contributed by atoms with van der Waals surface area (Å²) >= 11 is 0. The minimum atomic E-state index is -1.33. The summed E-state index contributed by atoms with van der Waals surface area (Å²) in [6, 6.07) is 13.4. The molecule has 0 radical (unpaired) electrons. The molecule has 0 saturated heterocycles. The predicted octanol–water partition coefficient (Wildman–Crippen LogP) is 1.78. The zero-order chi connectivity index (χ0) is 30.8. The molecular formula is C30H38O12. The molecule has 12 heteroatoms. The van der Waals surface area contributed by atoms with E-state index in [0.717, 1.165) is 0 Å². The van der Waals surface area contributed by atoms with Crippen molar-refractivity contribution >= 4 is 0 Å². The van der Waals surface area contributed by atoms with Gasteiger partial charge in [-0.25, -0.2) is 0 Å². The molecule has 0 aliphatic heterocycles. The average molecular weight is 591 g/mol. The lowest BCUT2D eigenvalue weighted by Gasteiger charge is -2.26. The quantitative estimate of drug-likeness (QED) is 0.128. The summed E-state index contributed by atoms with van der Waals surface area (Å²) < 4.78 is 27.6. The Bertz CT molecular complexity index is 1280. The minimum Gasteiger partial charge on any atom is -0.504 e. The zero-order valence-electron chi connectivity index (χ0n) is 23.6. The maximum Gasteiger partial charge on any atom is 0.161 e. The Morgan fingerprint density at radius 1 is 0.571 bits per heavy atom. The predicted molar refractivity (Wildman–Crippen MR) is 150 cm³/mol. The summed E-state index contributed by atoms with van der Waals surface area (Å²) in [6.45, 7) is -1.31. The van der Waals surface area contributed by atoms with Gasteiger partial charge in [0.2, 0.25) is 0 Å². The summed E-state index contributed by atoms with van der Waals surface area (Å²) in [5.74, 6) is 0.856. The number of aliphatic hydroxyl groups is 6. The van der Waals surface area contributed by atoms with Gasteiger partial charge in [-0.15, -0.1) is 0 Å². The van der Waals surface area contributed by atoms with Crippen LogP contribution < -0.4 is 23.7 Å². The molecule has 3 aromatic carbocycles. The number of phenolic OH excluding ortho intramolecular Hbond substituents is 1. The summed E-state index contributed by atoms with van der Waals surface area (Å²) in [4.78, 5) is 0. The summed E-state index contributed by atoms with van der Waals surface area (Å²) in [6.07, 6.45) is -5.62. The van der Waals surface area contributed by atoms with E-state index in [1.54, 1.807) is 12.1 Å². The molecule has 0 aliphatic rings. The summed E-state index contributed by atoms with van der Waals surface area (Å²) in [5.41, 5.74) is 1.16. The van der Waals surface area contributed by atoms with Gasteiger partial charge in [0.1, 0.15) is 12.2 Å². The van der Waals surface area contributed by atoms with Gasteiger partial charge in [-0.3, -0.25) is 0 Å². The fraction of sp³-hybridized carbons (Fsp3) is 0.400. The van der Waals surface area contributed by atoms with Crippen molar-refractivity contribution in [2.45, 2.75) is 36.9 Å². The maximum absolute atomic E-state index is 11.1. The van der Waals surface area contributed by atoms with E-state index in [1.165, 1.54) is 63.8 Å². The van der Waals surface area contributed by atoms with Gasteiger partial charge in [0.15, 0.2) is 46.7 Å². The molecule has 0 unspecified atom stereocenters. The number of benzene rings is 3. The van der Waals surface area contributed by atoms with Crippen molar-refractivity contribution in [2.24, 2.45) is 0 Å². The first-order valence-electron chi connectivity index (χ1n) is 13.1. The van der Waals surface area contributed by atoms with Gasteiger partial charge in [-0.05, 0) is 53.1 Å². The van der Waals surface area contributed by atoms with Crippen LogP contribution in [0.4, 0.5) is 0 Å². The molecule has 0 amide bonds. The largest absolute Gasteiger partial charge is 0.504 e. The van der Waals surface area contributed by atoms with Crippen molar-refractivity contribution in [2.75, 3.05) is 41.2 Å². The topological polar surface area (TPSA) is 188 Å². The van der Waals surface area contributed by atoms with E-state index < -0.39 is 43.7 Å². The van der Waals surface area contributed by atoms with Gasteiger partial charge in [0.05, 0.1) is 40.6 Å². The van der Waals surface area contributed by atoms with E-state index in [9.17, 15) is 30.6 Å². The Morgan fingerprint density at radius 2 is 1.00 bits per heavy atom. The third-order valence-electron chi connectivity index (χ3n) is 6.67. The van der Waals surface area contributed by atoms with E-state index in [4.69, 9.17) is 28.8 Å².